The topological polar surface area (TPSA) is 78.7 Å². The maximum Gasteiger partial charge on any atom is 0.552 e. The molecule has 0 saturated carbocycles. The SMILES string of the molecule is COc1cccc(C(OC(=O)c2ccccc2)C(F)(F)[N+](=O)[O-])c1. The number of hydrogen-bond acceptors (Lipinski definition) is 5. The van der Waals surface area contributed by atoms with Crippen LogP contribution < -0.4 is 4.74 Å². The predicted octanol–water partition coefficient (Wildman–Crippen LogP) is 3.46. The molecule has 0 saturated heterocycles. The molecule has 0 fully saturated rings. The summed E-state index contributed by atoms with van der Waals surface area (Å²) in [5.74, 6) is -0.891. The summed E-state index contributed by atoms with van der Waals surface area (Å²) in [6.45, 7) is 0. The number of hydrogen-bond donors (Lipinski definition) is 0. The third-order valence-corrected chi connectivity index (χ3v) is 3.19. The Kier molecular flexibility index (Phi) is 5.08. The summed E-state index contributed by atoms with van der Waals surface area (Å²) in [6, 6.07) is 8.07. The number of methoxy groups -OCH3 is 1. The molecule has 0 radical (unpaired) electrons. The van der Waals surface area contributed by atoms with Crippen LogP contribution in [0.3, 0.4) is 0 Å². The van der Waals surface area contributed by atoms with Gasteiger partial charge >= 0.3 is 12.0 Å². The highest BCUT2D eigenvalue weighted by Gasteiger charge is 2.56. The highest BCUT2D eigenvalue weighted by molar-refractivity contribution is 5.89. The van der Waals surface area contributed by atoms with Gasteiger partial charge in [-0.1, -0.05) is 30.3 Å². The first-order valence-corrected chi connectivity index (χ1v) is 6.78. The number of nitro groups is 1. The molecule has 2 rings (SSSR count). The fourth-order valence-electron chi connectivity index (χ4n) is 1.99. The third-order valence-electron chi connectivity index (χ3n) is 3.19. The Hall–Kier alpha value is -3.03. The Balaban J connectivity index is 2.40. The molecule has 0 aliphatic rings. The molecule has 0 aliphatic heterocycles. The number of alkyl halides is 2. The van der Waals surface area contributed by atoms with E-state index in [0.29, 0.717) is 0 Å². The molecule has 126 valence electrons. The van der Waals surface area contributed by atoms with E-state index in [4.69, 9.17) is 9.47 Å². The predicted molar refractivity (Wildman–Crippen MR) is 79.5 cm³/mol. The van der Waals surface area contributed by atoms with Crippen molar-refractivity contribution in [2.45, 2.75) is 12.2 Å². The molecule has 0 N–H and O–H groups in total. The van der Waals surface area contributed by atoms with E-state index in [1.165, 1.54) is 49.6 Å². The van der Waals surface area contributed by atoms with Crippen molar-refractivity contribution in [2.24, 2.45) is 0 Å². The number of benzene rings is 2. The summed E-state index contributed by atoms with van der Waals surface area (Å²) in [4.78, 5) is 21.0. The second-order valence-corrected chi connectivity index (χ2v) is 4.77. The van der Waals surface area contributed by atoms with Gasteiger partial charge in [-0.2, -0.15) is 0 Å². The number of esters is 1. The molecule has 0 heterocycles. The van der Waals surface area contributed by atoms with E-state index in [1.807, 2.05) is 0 Å². The average molecular weight is 337 g/mol. The minimum atomic E-state index is -4.50. The lowest BCUT2D eigenvalue weighted by atomic mass is 10.1. The third kappa shape index (κ3) is 3.65. The molecule has 24 heavy (non-hydrogen) atoms. The van der Waals surface area contributed by atoms with Gasteiger partial charge in [-0.25, -0.2) is 4.79 Å². The molecule has 0 aromatic heterocycles. The van der Waals surface area contributed by atoms with Gasteiger partial charge in [0.25, 0.3) is 6.10 Å². The lowest BCUT2D eigenvalue weighted by Crippen LogP contribution is -2.37. The van der Waals surface area contributed by atoms with Crippen molar-refractivity contribution in [2.75, 3.05) is 7.11 Å². The molecule has 0 bridgehead atoms. The smallest absolute Gasteiger partial charge is 0.497 e. The molecule has 1 unspecified atom stereocenters. The van der Waals surface area contributed by atoms with Gasteiger partial charge in [0.05, 0.1) is 12.7 Å². The summed E-state index contributed by atoms with van der Waals surface area (Å²) < 4.78 is 37.7. The van der Waals surface area contributed by atoms with E-state index in [1.54, 1.807) is 6.07 Å². The van der Waals surface area contributed by atoms with Gasteiger partial charge in [0.15, 0.2) is 0 Å². The normalized spacial score (nSPS) is 12.3. The molecule has 0 aliphatic carbocycles. The van der Waals surface area contributed by atoms with Crippen LogP contribution >= 0.6 is 0 Å². The van der Waals surface area contributed by atoms with Gasteiger partial charge in [-0.05, 0) is 24.3 Å². The zero-order valence-corrected chi connectivity index (χ0v) is 12.5. The van der Waals surface area contributed by atoms with Crippen LogP contribution in [0.1, 0.15) is 22.0 Å². The molecule has 1 atom stereocenters. The Morgan fingerprint density at radius 3 is 2.42 bits per heavy atom. The lowest BCUT2D eigenvalue weighted by Gasteiger charge is -2.20. The van der Waals surface area contributed by atoms with Crippen LogP contribution in [-0.4, -0.2) is 24.0 Å². The first-order valence-electron chi connectivity index (χ1n) is 6.78. The Morgan fingerprint density at radius 2 is 1.83 bits per heavy atom. The van der Waals surface area contributed by atoms with Crippen LogP contribution in [0.2, 0.25) is 0 Å². The highest BCUT2D eigenvalue weighted by atomic mass is 19.3. The van der Waals surface area contributed by atoms with Crippen LogP contribution in [0.4, 0.5) is 8.78 Å². The minimum Gasteiger partial charge on any atom is -0.497 e. The Bertz CT molecular complexity index is 736. The summed E-state index contributed by atoms with van der Waals surface area (Å²) >= 11 is 0. The second-order valence-electron chi connectivity index (χ2n) is 4.77. The summed E-state index contributed by atoms with van der Waals surface area (Å²) in [5.41, 5.74) is -0.245. The molecule has 6 nitrogen and oxygen atoms in total. The zero-order chi connectivity index (χ0) is 17.7. The number of carbonyl (C=O) groups is 1. The van der Waals surface area contributed by atoms with E-state index >= 15 is 0 Å². The maximum absolute atomic E-state index is 14.0. The molecule has 0 amide bonds. The number of rotatable bonds is 6. The molecule has 2 aromatic carbocycles. The van der Waals surface area contributed by atoms with Gasteiger partial charge in [-0.15, -0.1) is 8.78 Å². The van der Waals surface area contributed by atoms with Gasteiger partial charge in [0.1, 0.15) is 10.7 Å². The van der Waals surface area contributed by atoms with Crippen molar-refractivity contribution >= 4 is 5.97 Å². The quantitative estimate of drug-likeness (QED) is 0.349. The molecule has 8 heteroatoms. The van der Waals surface area contributed by atoms with E-state index < -0.39 is 23.0 Å². The van der Waals surface area contributed by atoms with Crippen LogP contribution in [0.15, 0.2) is 54.6 Å². The van der Waals surface area contributed by atoms with E-state index in [0.717, 1.165) is 6.07 Å². The van der Waals surface area contributed by atoms with Gasteiger partial charge < -0.3 is 9.47 Å². The van der Waals surface area contributed by atoms with Crippen molar-refractivity contribution in [3.63, 3.8) is 0 Å². The second kappa shape index (κ2) is 7.03. The van der Waals surface area contributed by atoms with Crippen LogP contribution in [0, 0.1) is 10.1 Å². The van der Waals surface area contributed by atoms with Crippen molar-refractivity contribution < 1.29 is 28.0 Å². The molecular formula is C16H13F2NO5. The maximum atomic E-state index is 14.0. The standard InChI is InChI=1S/C16H13F2NO5/c1-23-13-9-5-8-12(10-13)14(16(17,18)19(21)22)24-15(20)11-6-3-2-4-7-11/h2-10,14H,1H3. The number of halogens is 2. The first-order chi connectivity index (χ1) is 11.4. The summed E-state index contributed by atoms with van der Waals surface area (Å²) in [6.07, 6.45) is -2.39. The number of carbonyl (C=O) groups excluding carboxylic acids is 1. The van der Waals surface area contributed by atoms with Crippen LogP contribution in [0.25, 0.3) is 0 Å². The molecular weight excluding hydrogens is 324 g/mol. The number of ether oxygens (including phenoxy) is 2. The Labute approximate surface area is 135 Å². The molecule has 0 spiro atoms. The van der Waals surface area contributed by atoms with Crippen LogP contribution in [-0.2, 0) is 4.74 Å². The first kappa shape index (κ1) is 17.3. The number of nitrogens with zero attached hydrogens (tertiary/aromatic N) is 1. The van der Waals surface area contributed by atoms with E-state index in [-0.39, 0.29) is 16.9 Å². The van der Waals surface area contributed by atoms with Crippen molar-refractivity contribution in [3.8, 4) is 5.75 Å². The monoisotopic (exact) mass is 337 g/mol. The molecule has 2 aromatic rings. The van der Waals surface area contributed by atoms with Crippen molar-refractivity contribution in [3.05, 3.63) is 75.8 Å². The van der Waals surface area contributed by atoms with Gasteiger partial charge in [0, 0.05) is 5.56 Å². The van der Waals surface area contributed by atoms with Gasteiger partial charge in [-0.3, -0.25) is 10.1 Å². The van der Waals surface area contributed by atoms with Crippen molar-refractivity contribution in [1.82, 2.24) is 0 Å². The fourth-order valence-corrected chi connectivity index (χ4v) is 1.99. The fraction of sp³-hybridized carbons (Fsp3) is 0.188. The largest absolute Gasteiger partial charge is 0.552 e. The lowest BCUT2D eigenvalue weighted by molar-refractivity contribution is -0.658. The van der Waals surface area contributed by atoms with Crippen LogP contribution in [0.5, 0.6) is 5.75 Å². The zero-order valence-electron chi connectivity index (χ0n) is 12.5. The van der Waals surface area contributed by atoms with E-state index in [9.17, 15) is 23.7 Å². The van der Waals surface area contributed by atoms with E-state index in [2.05, 4.69) is 0 Å². The Morgan fingerprint density at radius 1 is 1.17 bits per heavy atom. The summed E-state index contributed by atoms with van der Waals surface area (Å²) in [5, 5.41) is 10.7. The summed E-state index contributed by atoms with van der Waals surface area (Å²) in [7, 11) is 1.32. The van der Waals surface area contributed by atoms with Crippen molar-refractivity contribution in [1.29, 1.82) is 0 Å². The minimum absolute atomic E-state index is 0.00421. The van der Waals surface area contributed by atoms with Gasteiger partial charge in [0.2, 0.25) is 0 Å². The highest BCUT2D eigenvalue weighted by Crippen LogP contribution is 2.37. The average Bonchev–Trinajstić information content (AvgIpc) is 2.59.